The number of rotatable bonds is 3. The van der Waals surface area contributed by atoms with E-state index in [4.69, 9.17) is 9.47 Å². The molecule has 3 aromatic rings. The van der Waals surface area contributed by atoms with Crippen molar-refractivity contribution in [1.82, 2.24) is 14.4 Å². The highest BCUT2D eigenvalue weighted by Gasteiger charge is 2.11. The lowest BCUT2D eigenvalue weighted by molar-refractivity contribution is 0.374. The minimum atomic E-state index is 0.420. The summed E-state index contributed by atoms with van der Waals surface area (Å²) in [5.41, 5.74) is 0.647. The summed E-state index contributed by atoms with van der Waals surface area (Å²) in [6.07, 6.45) is 5.34. The average molecular weight is 320 g/mol. The minimum Gasteiger partial charge on any atom is -0.493 e. The van der Waals surface area contributed by atoms with Gasteiger partial charge in [0.25, 0.3) is 5.88 Å². The van der Waals surface area contributed by atoms with Crippen LogP contribution < -0.4 is 9.47 Å². The summed E-state index contributed by atoms with van der Waals surface area (Å²) in [6.45, 7) is 0. The predicted octanol–water partition coefficient (Wildman–Crippen LogP) is 3.29. The summed E-state index contributed by atoms with van der Waals surface area (Å²) in [6, 6.07) is 7.40. The van der Waals surface area contributed by atoms with Crippen LogP contribution in [0.2, 0.25) is 0 Å². The third-order valence-electron chi connectivity index (χ3n) is 2.59. The Kier molecular flexibility index (Phi) is 3.08. The maximum atomic E-state index is 5.80. The summed E-state index contributed by atoms with van der Waals surface area (Å²) in [5, 5.41) is 0. The molecule has 19 heavy (non-hydrogen) atoms. The van der Waals surface area contributed by atoms with Gasteiger partial charge in [0.2, 0.25) is 5.65 Å². The van der Waals surface area contributed by atoms with Gasteiger partial charge in [0.1, 0.15) is 4.60 Å². The topological polar surface area (TPSA) is 48.7 Å². The summed E-state index contributed by atoms with van der Waals surface area (Å²) in [5.74, 6) is 1.67. The van der Waals surface area contributed by atoms with Crippen LogP contribution in [-0.2, 0) is 0 Å². The van der Waals surface area contributed by atoms with Gasteiger partial charge in [0, 0.05) is 18.6 Å². The van der Waals surface area contributed by atoms with E-state index in [-0.39, 0.29) is 0 Å². The molecule has 96 valence electrons. The van der Waals surface area contributed by atoms with Gasteiger partial charge in [-0.05, 0) is 28.1 Å². The SMILES string of the molecule is COc1ccccc1Oc1nc(Br)cn2ccnc12. The van der Waals surface area contributed by atoms with Crippen LogP contribution in [0.25, 0.3) is 5.65 Å². The Labute approximate surface area is 118 Å². The first-order chi connectivity index (χ1) is 9.28. The predicted molar refractivity (Wildman–Crippen MR) is 73.8 cm³/mol. The van der Waals surface area contributed by atoms with Crippen LogP contribution in [0.1, 0.15) is 0 Å². The van der Waals surface area contributed by atoms with Crippen LogP contribution in [-0.4, -0.2) is 21.5 Å². The van der Waals surface area contributed by atoms with Crippen molar-refractivity contribution < 1.29 is 9.47 Å². The number of para-hydroxylation sites is 2. The molecule has 0 unspecified atom stereocenters. The van der Waals surface area contributed by atoms with Crippen LogP contribution in [0.5, 0.6) is 17.4 Å². The van der Waals surface area contributed by atoms with Gasteiger partial charge >= 0.3 is 0 Å². The Bertz CT molecular complexity index is 727. The van der Waals surface area contributed by atoms with E-state index in [2.05, 4.69) is 25.9 Å². The Balaban J connectivity index is 2.07. The number of methoxy groups -OCH3 is 1. The molecule has 0 aliphatic heterocycles. The van der Waals surface area contributed by atoms with Crippen molar-refractivity contribution in [2.24, 2.45) is 0 Å². The molecule has 2 heterocycles. The van der Waals surface area contributed by atoms with Crippen molar-refractivity contribution in [1.29, 1.82) is 0 Å². The van der Waals surface area contributed by atoms with E-state index in [9.17, 15) is 0 Å². The number of imidazole rings is 1. The molecule has 0 saturated heterocycles. The van der Waals surface area contributed by atoms with Gasteiger partial charge in [-0.15, -0.1) is 0 Å². The molecule has 0 N–H and O–H groups in total. The molecule has 3 rings (SSSR count). The largest absolute Gasteiger partial charge is 0.493 e. The van der Waals surface area contributed by atoms with E-state index in [0.717, 1.165) is 0 Å². The second-order valence-corrected chi connectivity index (χ2v) is 4.59. The Hall–Kier alpha value is -2.08. The molecule has 6 heteroatoms. The van der Waals surface area contributed by atoms with Crippen molar-refractivity contribution in [3.05, 3.63) is 47.5 Å². The second kappa shape index (κ2) is 4.89. The molecular weight excluding hydrogens is 310 g/mol. The van der Waals surface area contributed by atoms with Crippen LogP contribution in [0.3, 0.4) is 0 Å². The van der Waals surface area contributed by atoms with Crippen LogP contribution in [0.15, 0.2) is 47.5 Å². The van der Waals surface area contributed by atoms with Crippen LogP contribution >= 0.6 is 15.9 Å². The fourth-order valence-corrected chi connectivity index (χ4v) is 2.13. The van der Waals surface area contributed by atoms with Crippen molar-refractivity contribution in [2.75, 3.05) is 7.11 Å². The van der Waals surface area contributed by atoms with E-state index in [1.54, 1.807) is 13.3 Å². The highest BCUT2D eigenvalue weighted by molar-refractivity contribution is 9.10. The molecule has 0 radical (unpaired) electrons. The molecule has 0 aliphatic rings. The molecule has 2 aromatic heterocycles. The zero-order valence-corrected chi connectivity index (χ0v) is 11.7. The van der Waals surface area contributed by atoms with Gasteiger partial charge in [0.15, 0.2) is 11.5 Å². The molecule has 0 fully saturated rings. The number of benzene rings is 1. The summed E-state index contributed by atoms with van der Waals surface area (Å²) < 4.78 is 13.6. The molecular formula is C13H10BrN3O2. The number of hydrogen-bond donors (Lipinski definition) is 0. The molecule has 0 aliphatic carbocycles. The first-order valence-electron chi connectivity index (χ1n) is 5.58. The number of hydrogen-bond acceptors (Lipinski definition) is 4. The number of halogens is 1. The molecule has 0 saturated carbocycles. The van der Waals surface area contributed by atoms with E-state index in [1.165, 1.54) is 0 Å². The molecule has 1 aromatic carbocycles. The Morgan fingerprint density at radius 3 is 2.79 bits per heavy atom. The van der Waals surface area contributed by atoms with Crippen LogP contribution in [0.4, 0.5) is 0 Å². The van der Waals surface area contributed by atoms with Gasteiger partial charge in [-0.2, -0.15) is 0 Å². The third-order valence-corrected chi connectivity index (χ3v) is 2.97. The lowest BCUT2D eigenvalue weighted by atomic mass is 10.3. The van der Waals surface area contributed by atoms with E-state index < -0.39 is 0 Å². The van der Waals surface area contributed by atoms with Gasteiger partial charge < -0.3 is 9.47 Å². The monoisotopic (exact) mass is 319 g/mol. The molecule has 5 nitrogen and oxygen atoms in total. The van der Waals surface area contributed by atoms with E-state index in [0.29, 0.717) is 27.6 Å². The summed E-state index contributed by atoms with van der Waals surface area (Å²) >= 11 is 3.35. The van der Waals surface area contributed by atoms with Gasteiger partial charge in [-0.25, -0.2) is 9.97 Å². The fourth-order valence-electron chi connectivity index (χ4n) is 1.75. The Morgan fingerprint density at radius 1 is 1.21 bits per heavy atom. The van der Waals surface area contributed by atoms with Gasteiger partial charge in [-0.1, -0.05) is 12.1 Å². The number of ether oxygens (including phenoxy) is 2. The minimum absolute atomic E-state index is 0.420. The van der Waals surface area contributed by atoms with Crippen molar-refractivity contribution in [3.63, 3.8) is 0 Å². The van der Waals surface area contributed by atoms with E-state index in [1.807, 2.05) is 41.1 Å². The lowest BCUT2D eigenvalue weighted by Gasteiger charge is -2.10. The number of fused-ring (bicyclic) bond motifs is 1. The normalized spacial score (nSPS) is 10.6. The highest BCUT2D eigenvalue weighted by Crippen LogP contribution is 2.32. The van der Waals surface area contributed by atoms with Gasteiger partial charge in [-0.3, -0.25) is 4.40 Å². The molecule has 0 amide bonds. The van der Waals surface area contributed by atoms with Crippen molar-refractivity contribution in [3.8, 4) is 17.4 Å². The molecule has 0 bridgehead atoms. The first kappa shape index (κ1) is 12.0. The summed E-state index contributed by atoms with van der Waals surface area (Å²) in [4.78, 5) is 8.53. The number of nitrogens with zero attached hydrogens (tertiary/aromatic N) is 3. The van der Waals surface area contributed by atoms with Crippen molar-refractivity contribution in [2.45, 2.75) is 0 Å². The van der Waals surface area contributed by atoms with E-state index >= 15 is 0 Å². The quantitative estimate of drug-likeness (QED) is 0.743. The first-order valence-corrected chi connectivity index (χ1v) is 6.37. The third kappa shape index (κ3) is 2.26. The fraction of sp³-hybridized carbons (Fsp3) is 0.0769. The smallest absolute Gasteiger partial charge is 0.265 e. The molecule has 0 atom stereocenters. The van der Waals surface area contributed by atoms with Gasteiger partial charge in [0.05, 0.1) is 7.11 Å². The lowest BCUT2D eigenvalue weighted by Crippen LogP contribution is -1.96. The van der Waals surface area contributed by atoms with Crippen molar-refractivity contribution >= 4 is 21.6 Å². The Morgan fingerprint density at radius 2 is 2.00 bits per heavy atom. The summed E-state index contributed by atoms with van der Waals surface area (Å²) in [7, 11) is 1.60. The number of aromatic nitrogens is 3. The standard InChI is InChI=1S/C13H10BrN3O2/c1-18-9-4-2-3-5-10(9)19-13-12-15-6-7-17(12)8-11(14)16-13/h2-8H,1H3. The zero-order chi connectivity index (χ0) is 13.2. The zero-order valence-electron chi connectivity index (χ0n) is 10.1. The molecule has 0 spiro atoms. The van der Waals surface area contributed by atoms with Crippen LogP contribution in [0, 0.1) is 0 Å². The maximum absolute atomic E-state index is 5.80. The maximum Gasteiger partial charge on any atom is 0.265 e. The highest BCUT2D eigenvalue weighted by atomic mass is 79.9. The second-order valence-electron chi connectivity index (χ2n) is 3.78. The average Bonchev–Trinajstić information content (AvgIpc) is 2.87.